The Hall–Kier alpha value is -6.20. The van der Waals surface area contributed by atoms with Gasteiger partial charge in [-0.25, -0.2) is 4.79 Å². The second-order valence-corrected chi connectivity index (χ2v) is 9.82. The van der Waals surface area contributed by atoms with Crippen LogP contribution in [-0.2, 0) is 9.59 Å². The molecular formula is C33H24N4O7. The van der Waals surface area contributed by atoms with E-state index in [1.54, 1.807) is 48.5 Å². The number of hydrogen-bond donors (Lipinski definition) is 4. The van der Waals surface area contributed by atoms with Gasteiger partial charge in [-0.2, -0.15) is 0 Å². The molecule has 0 spiro atoms. The number of carboxylic acids is 1. The molecule has 3 aromatic carbocycles. The third-order valence-electron chi connectivity index (χ3n) is 6.95. The number of imide groups is 2. The standard InChI is InChI=1S/C33H24N4O7/c38-27-17-16-26(30(40)36-27)37-31(41)24-6-3-7-25(28(24)32(37)42)34-18-19-35-29(39)22-12-8-20(9-13-22)4-1-2-5-21-10-14-23(15-11-21)33(43)44/h3,6-15,26,34H,16-19H2,(H,35,39)(H,43,44)(H,36,38,40). The number of piperidine rings is 1. The molecule has 1 unspecified atom stereocenters. The molecule has 0 radical (unpaired) electrons. The number of hydrogen-bond acceptors (Lipinski definition) is 7. The van der Waals surface area contributed by atoms with Crippen molar-refractivity contribution in [1.82, 2.24) is 15.5 Å². The van der Waals surface area contributed by atoms with Gasteiger partial charge in [-0.15, -0.1) is 0 Å². The minimum atomic E-state index is -1.05. The van der Waals surface area contributed by atoms with Crippen LogP contribution in [0.1, 0.15) is 65.4 Å². The van der Waals surface area contributed by atoms with E-state index in [1.807, 2.05) is 0 Å². The minimum Gasteiger partial charge on any atom is -0.478 e. The zero-order valence-electron chi connectivity index (χ0n) is 23.1. The molecule has 11 nitrogen and oxygen atoms in total. The lowest BCUT2D eigenvalue weighted by molar-refractivity contribution is -0.136. The number of carbonyl (C=O) groups is 6. The third kappa shape index (κ3) is 6.32. The molecule has 2 aliphatic heterocycles. The van der Waals surface area contributed by atoms with Crippen LogP contribution in [0.4, 0.5) is 5.69 Å². The van der Waals surface area contributed by atoms with Gasteiger partial charge in [0.15, 0.2) is 0 Å². The van der Waals surface area contributed by atoms with Crippen LogP contribution in [0.3, 0.4) is 0 Å². The lowest BCUT2D eigenvalue weighted by Gasteiger charge is -2.27. The van der Waals surface area contributed by atoms with E-state index < -0.39 is 35.6 Å². The maximum Gasteiger partial charge on any atom is 0.335 e. The van der Waals surface area contributed by atoms with Gasteiger partial charge in [0.1, 0.15) is 6.04 Å². The number of nitrogens with one attached hydrogen (secondary N) is 3. The fraction of sp³-hybridized carbons (Fsp3) is 0.152. The summed E-state index contributed by atoms with van der Waals surface area (Å²) in [4.78, 5) is 74.4. The van der Waals surface area contributed by atoms with E-state index >= 15 is 0 Å². The smallest absolute Gasteiger partial charge is 0.335 e. The highest BCUT2D eigenvalue weighted by molar-refractivity contribution is 6.25. The molecule has 0 aliphatic carbocycles. The van der Waals surface area contributed by atoms with Crippen LogP contribution < -0.4 is 16.0 Å². The lowest BCUT2D eigenvalue weighted by atomic mass is 10.0. The van der Waals surface area contributed by atoms with E-state index in [0.29, 0.717) is 22.4 Å². The molecule has 3 aromatic rings. The summed E-state index contributed by atoms with van der Waals surface area (Å²) in [6.45, 7) is 0.468. The fourth-order valence-corrected chi connectivity index (χ4v) is 4.75. The van der Waals surface area contributed by atoms with Crippen LogP contribution in [0.2, 0.25) is 0 Å². The first-order chi connectivity index (χ1) is 21.2. The summed E-state index contributed by atoms with van der Waals surface area (Å²) in [6, 6.07) is 16.5. The molecular weight excluding hydrogens is 564 g/mol. The number of carbonyl (C=O) groups excluding carboxylic acids is 5. The van der Waals surface area contributed by atoms with Gasteiger partial charge in [0.2, 0.25) is 11.8 Å². The van der Waals surface area contributed by atoms with Gasteiger partial charge in [-0.1, -0.05) is 17.9 Å². The van der Waals surface area contributed by atoms with Gasteiger partial charge < -0.3 is 15.7 Å². The lowest BCUT2D eigenvalue weighted by Crippen LogP contribution is -2.54. The number of anilines is 1. The minimum absolute atomic E-state index is 0.0353. The van der Waals surface area contributed by atoms with Crippen LogP contribution in [0.5, 0.6) is 0 Å². The molecule has 1 saturated heterocycles. The summed E-state index contributed by atoms with van der Waals surface area (Å²) in [5, 5.41) is 17.0. The van der Waals surface area contributed by atoms with E-state index in [1.165, 1.54) is 18.2 Å². The number of carboxylic acid groups (broad SMARTS) is 1. The summed E-state index contributed by atoms with van der Waals surface area (Å²) in [5.74, 6) is 7.51. The maximum atomic E-state index is 13.2. The van der Waals surface area contributed by atoms with Crippen molar-refractivity contribution in [2.45, 2.75) is 18.9 Å². The number of fused-ring (bicyclic) bond motifs is 1. The van der Waals surface area contributed by atoms with Crippen molar-refractivity contribution in [3.8, 4) is 23.7 Å². The summed E-state index contributed by atoms with van der Waals surface area (Å²) < 4.78 is 0. The van der Waals surface area contributed by atoms with Crippen molar-refractivity contribution in [2.75, 3.05) is 18.4 Å². The van der Waals surface area contributed by atoms with Gasteiger partial charge >= 0.3 is 5.97 Å². The molecule has 4 N–H and O–H groups in total. The Morgan fingerprint density at radius 3 is 2.09 bits per heavy atom. The van der Waals surface area contributed by atoms with Gasteiger partial charge in [-0.05, 0) is 78.9 Å². The molecule has 218 valence electrons. The SMILES string of the molecule is O=C1CCC(N2C(=O)c3cccc(NCCNC(=O)c4ccc(C#CC#Cc5ccc(C(=O)O)cc5)cc4)c3C2=O)C(=O)N1. The van der Waals surface area contributed by atoms with E-state index in [2.05, 4.69) is 39.6 Å². The molecule has 1 atom stereocenters. The first kappa shape index (κ1) is 29.3. The Bertz CT molecular complexity index is 1820. The predicted octanol–water partition coefficient (Wildman–Crippen LogP) is 2.03. The maximum absolute atomic E-state index is 13.2. The van der Waals surface area contributed by atoms with Gasteiger partial charge in [0.05, 0.1) is 16.7 Å². The number of amides is 5. The Morgan fingerprint density at radius 1 is 0.841 bits per heavy atom. The zero-order chi connectivity index (χ0) is 31.2. The van der Waals surface area contributed by atoms with Crippen LogP contribution in [0.15, 0.2) is 66.7 Å². The third-order valence-corrected chi connectivity index (χ3v) is 6.95. The Kier molecular flexibility index (Phi) is 8.50. The normalized spacial score (nSPS) is 15.3. The van der Waals surface area contributed by atoms with Gasteiger partial charge in [0.25, 0.3) is 17.7 Å². The van der Waals surface area contributed by atoms with Crippen LogP contribution in [0, 0.1) is 23.7 Å². The van der Waals surface area contributed by atoms with Crippen LogP contribution >= 0.6 is 0 Å². The van der Waals surface area contributed by atoms with Crippen molar-refractivity contribution in [1.29, 1.82) is 0 Å². The average molecular weight is 589 g/mol. The number of nitrogens with zero attached hydrogens (tertiary/aromatic N) is 1. The summed E-state index contributed by atoms with van der Waals surface area (Å²) in [7, 11) is 0. The second-order valence-electron chi connectivity index (χ2n) is 9.82. The second kappa shape index (κ2) is 12.8. The molecule has 0 bridgehead atoms. The quantitative estimate of drug-likeness (QED) is 0.185. The summed E-state index contributed by atoms with van der Waals surface area (Å²) in [5.41, 5.74) is 2.59. The van der Waals surface area contributed by atoms with Crippen molar-refractivity contribution in [2.24, 2.45) is 0 Å². The van der Waals surface area contributed by atoms with Gasteiger partial charge in [0, 0.05) is 41.9 Å². The van der Waals surface area contributed by atoms with Gasteiger partial charge in [-0.3, -0.25) is 34.2 Å². The Balaban J connectivity index is 1.13. The van der Waals surface area contributed by atoms with E-state index in [4.69, 9.17) is 5.11 Å². The Morgan fingerprint density at radius 2 is 1.48 bits per heavy atom. The molecule has 44 heavy (non-hydrogen) atoms. The first-order valence-corrected chi connectivity index (χ1v) is 13.5. The molecule has 5 amide bonds. The predicted molar refractivity (Wildman–Crippen MR) is 158 cm³/mol. The largest absolute Gasteiger partial charge is 0.478 e. The topological polar surface area (TPSA) is 162 Å². The molecule has 1 fully saturated rings. The molecule has 11 heteroatoms. The molecule has 2 heterocycles. The highest BCUT2D eigenvalue weighted by Crippen LogP contribution is 2.32. The van der Waals surface area contributed by atoms with E-state index in [-0.39, 0.29) is 48.5 Å². The van der Waals surface area contributed by atoms with Crippen molar-refractivity contribution in [3.05, 3.63) is 100 Å². The Labute approximate surface area is 251 Å². The highest BCUT2D eigenvalue weighted by atomic mass is 16.4. The van der Waals surface area contributed by atoms with Crippen LogP contribution in [0.25, 0.3) is 0 Å². The number of rotatable bonds is 7. The molecule has 0 aromatic heterocycles. The molecule has 5 rings (SSSR count). The first-order valence-electron chi connectivity index (χ1n) is 13.5. The van der Waals surface area contributed by atoms with Crippen molar-refractivity contribution in [3.63, 3.8) is 0 Å². The molecule has 2 aliphatic rings. The summed E-state index contributed by atoms with van der Waals surface area (Å²) >= 11 is 0. The monoisotopic (exact) mass is 588 g/mol. The van der Waals surface area contributed by atoms with E-state index in [9.17, 15) is 28.8 Å². The zero-order valence-corrected chi connectivity index (χ0v) is 23.1. The summed E-state index contributed by atoms with van der Waals surface area (Å²) in [6.07, 6.45) is 0.104. The number of benzene rings is 3. The van der Waals surface area contributed by atoms with Crippen molar-refractivity contribution >= 4 is 41.2 Å². The fourth-order valence-electron chi connectivity index (χ4n) is 4.75. The van der Waals surface area contributed by atoms with Crippen molar-refractivity contribution < 1.29 is 33.9 Å². The highest BCUT2D eigenvalue weighted by Gasteiger charge is 2.45. The van der Waals surface area contributed by atoms with Crippen LogP contribution in [-0.4, -0.2) is 64.6 Å². The van der Waals surface area contributed by atoms with E-state index in [0.717, 1.165) is 4.90 Å². The number of aromatic carboxylic acids is 1. The molecule has 0 saturated carbocycles. The average Bonchev–Trinajstić information content (AvgIpc) is 3.27.